The zero-order chi connectivity index (χ0) is 18.1. The van der Waals surface area contributed by atoms with Crippen LogP contribution in [0.1, 0.15) is 42.7 Å². The van der Waals surface area contributed by atoms with Gasteiger partial charge in [-0.3, -0.25) is 4.98 Å². The lowest BCUT2D eigenvalue weighted by molar-refractivity contribution is 0.255. The van der Waals surface area contributed by atoms with Crippen molar-refractivity contribution in [3.8, 4) is 11.5 Å². The van der Waals surface area contributed by atoms with Crippen molar-refractivity contribution in [1.29, 1.82) is 0 Å². The SMILES string of the molecule is CS(=O)(=O)N1CCC(Cc2nc(-c3nccc4c3CCCC4)no2)CC1. The highest BCUT2D eigenvalue weighted by atomic mass is 32.2. The van der Waals surface area contributed by atoms with Gasteiger partial charge in [0.1, 0.15) is 5.69 Å². The molecule has 7 nitrogen and oxygen atoms in total. The molecule has 0 bridgehead atoms. The number of aryl methyl sites for hydroxylation is 1. The van der Waals surface area contributed by atoms with E-state index >= 15 is 0 Å². The van der Waals surface area contributed by atoms with Crippen LogP contribution in [0.15, 0.2) is 16.8 Å². The number of piperidine rings is 1. The molecule has 0 atom stereocenters. The molecule has 1 saturated heterocycles. The van der Waals surface area contributed by atoms with E-state index < -0.39 is 10.0 Å². The molecule has 4 rings (SSSR count). The topological polar surface area (TPSA) is 89.2 Å². The van der Waals surface area contributed by atoms with Crippen LogP contribution in [0.25, 0.3) is 11.5 Å². The molecule has 1 aliphatic heterocycles. The second kappa shape index (κ2) is 7.08. The summed E-state index contributed by atoms with van der Waals surface area (Å²) in [5.41, 5.74) is 3.46. The van der Waals surface area contributed by atoms with Gasteiger partial charge in [-0.2, -0.15) is 4.98 Å². The van der Waals surface area contributed by atoms with Crippen molar-refractivity contribution in [3.05, 3.63) is 29.3 Å². The van der Waals surface area contributed by atoms with E-state index in [0.717, 1.165) is 31.4 Å². The van der Waals surface area contributed by atoms with Gasteiger partial charge in [0.05, 0.1) is 6.26 Å². The molecule has 0 radical (unpaired) electrons. The van der Waals surface area contributed by atoms with Crippen LogP contribution < -0.4 is 0 Å². The fourth-order valence-corrected chi connectivity index (χ4v) is 4.86. The van der Waals surface area contributed by atoms with E-state index in [1.54, 1.807) is 4.31 Å². The summed E-state index contributed by atoms with van der Waals surface area (Å²) in [5.74, 6) is 1.57. The van der Waals surface area contributed by atoms with Gasteiger partial charge in [-0.15, -0.1) is 0 Å². The zero-order valence-corrected chi connectivity index (χ0v) is 15.8. The summed E-state index contributed by atoms with van der Waals surface area (Å²) in [4.78, 5) is 9.08. The summed E-state index contributed by atoms with van der Waals surface area (Å²) in [6.45, 7) is 1.14. The fraction of sp³-hybridized carbons (Fsp3) is 0.611. The van der Waals surface area contributed by atoms with Crippen LogP contribution >= 0.6 is 0 Å². The van der Waals surface area contributed by atoms with Crippen molar-refractivity contribution < 1.29 is 12.9 Å². The van der Waals surface area contributed by atoms with Crippen molar-refractivity contribution in [2.24, 2.45) is 5.92 Å². The van der Waals surface area contributed by atoms with Crippen LogP contribution in [0.3, 0.4) is 0 Å². The highest BCUT2D eigenvalue weighted by Crippen LogP contribution is 2.29. The van der Waals surface area contributed by atoms with Gasteiger partial charge in [-0.25, -0.2) is 12.7 Å². The summed E-state index contributed by atoms with van der Waals surface area (Å²) in [6, 6.07) is 2.09. The van der Waals surface area contributed by atoms with Crippen LogP contribution in [0.5, 0.6) is 0 Å². The van der Waals surface area contributed by atoms with Crippen molar-refractivity contribution in [3.63, 3.8) is 0 Å². The predicted molar refractivity (Wildman–Crippen MR) is 97.0 cm³/mol. The number of rotatable bonds is 4. The van der Waals surface area contributed by atoms with Crippen molar-refractivity contribution >= 4 is 10.0 Å². The summed E-state index contributed by atoms with van der Waals surface area (Å²) < 4.78 is 30.2. The van der Waals surface area contributed by atoms with Crippen molar-refractivity contribution in [2.75, 3.05) is 19.3 Å². The number of hydrogen-bond acceptors (Lipinski definition) is 6. The van der Waals surface area contributed by atoms with Gasteiger partial charge in [0.25, 0.3) is 0 Å². The van der Waals surface area contributed by atoms with Crippen molar-refractivity contribution in [1.82, 2.24) is 19.4 Å². The second-order valence-electron chi connectivity index (χ2n) is 7.33. The average Bonchev–Trinajstić information content (AvgIpc) is 3.09. The molecule has 0 unspecified atom stereocenters. The van der Waals surface area contributed by atoms with E-state index in [-0.39, 0.29) is 0 Å². The van der Waals surface area contributed by atoms with E-state index in [4.69, 9.17) is 4.52 Å². The molecule has 3 heterocycles. The van der Waals surface area contributed by atoms with E-state index in [1.165, 1.54) is 30.2 Å². The maximum Gasteiger partial charge on any atom is 0.227 e. The second-order valence-corrected chi connectivity index (χ2v) is 9.31. The van der Waals surface area contributed by atoms with Crippen LogP contribution in [-0.4, -0.2) is 47.2 Å². The summed E-state index contributed by atoms with van der Waals surface area (Å²) >= 11 is 0. The number of sulfonamides is 1. The Morgan fingerprint density at radius 1 is 1.23 bits per heavy atom. The van der Waals surface area contributed by atoms with E-state index in [0.29, 0.717) is 37.1 Å². The summed E-state index contributed by atoms with van der Waals surface area (Å²) in [5, 5.41) is 4.16. The first kappa shape index (κ1) is 17.6. The lowest BCUT2D eigenvalue weighted by atomic mass is 9.91. The fourth-order valence-electron chi connectivity index (χ4n) is 3.98. The van der Waals surface area contributed by atoms with Gasteiger partial charge in [0.2, 0.25) is 21.7 Å². The number of aromatic nitrogens is 3. The molecule has 8 heteroatoms. The first-order chi connectivity index (χ1) is 12.5. The summed E-state index contributed by atoms with van der Waals surface area (Å²) in [7, 11) is -3.09. The van der Waals surface area contributed by atoms with Crippen LogP contribution in [0.4, 0.5) is 0 Å². The maximum atomic E-state index is 11.6. The molecule has 140 valence electrons. The minimum absolute atomic E-state index is 0.374. The first-order valence-corrected chi connectivity index (χ1v) is 11.1. The normalized spacial score (nSPS) is 19.4. The van der Waals surface area contributed by atoms with Crippen LogP contribution in [-0.2, 0) is 29.3 Å². The number of hydrogen-bond donors (Lipinski definition) is 0. The standard InChI is InChI=1S/C18H24N4O3S/c1-26(23,24)22-10-7-13(8-11-22)12-16-20-18(21-25-16)17-15-5-3-2-4-14(15)6-9-19-17/h6,9,13H,2-5,7-8,10-12H2,1H3. The molecule has 0 saturated carbocycles. The Hall–Kier alpha value is -1.80. The average molecular weight is 376 g/mol. The maximum absolute atomic E-state index is 11.6. The number of nitrogens with zero attached hydrogens (tertiary/aromatic N) is 4. The van der Waals surface area contributed by atoms with Crippen molar-refractivity contribution in [2.45, 2.75) is 44.9 Å². The van der Waals surface area contributed by atoms with E-state index in [9.17, 15) is 8.42 Å². The van der Waals surface area contributed by atoms with Crippen LogP contribution in [0, 0.1) is 5.92 Å². The summed E-state index contributed by atoms with van der Waals surface area (Å²) in [6.07, 6.45) is 9.95. The lowest BCUT2D eigenvalue weighted by Crippen LogP contribution is -2.38. The predicted octanol–water partition coefficient (Wildman–Crippen LogP) is 2.22. The number of fused-ring (bicyclic) bond motifs is 1. The Labute approximate surface area is 153 Å². The number of pyridine rings is 1. The largest absolute Gasteiger partial charge is 0.339 e. The third kappa shape index (κ3) is 3.66. The molecule has 0 N–H and O–H groups in total. The molecular weight excluding hydrogens is 352 g/mol. The Bertz CT molecular complexity index is 886. The molecule has 0 spiro atoms. The first-order valence-electron chi connectivity index (χ1n) is 9.25. The Balaban J connectivity index is 1.45. The Kier molecular flexibility index (Phi) is 4.79. The molecule has 26 heavy (non-hydrogen) atoms. The van der Waals surface area contributed by atoms with Gasteiger partial charge in [-0.05, 0) is 61.6 Å². The minimum Gasteiger partial charge on any atom is -0.339 e. The molecular formula is C18H24N4O3S. The smallest absolute Gasteiger partial charge is 0.227 e. The van der Waals surface area contributed by atoms with E-state index in [2.05, 4.69) is 21.2 Å². The van der Waals surface area contributed by atoms with Gasteiger partial charge in [0.15, 0.2) is 0 Å². The van der Waals surface area contributed by atoms with Gasteiger partial charge < -0.3 is 4.52 Å². The van der Waals surface area contributed by atoms with E-state index in [1.807, 2.05) is 6.20 Å². The zero-order valence-electron chi connectivity index (χ0n) is 15.0. The molecule has 2 aliphatic rings. The molecule has 2 aromatic heterocycles. The van der Waals surface area contributed by atoms with Gasteiger partial charge >= 0.3 is 0 Å². The third-order valence-corrected chi connectivity index (χ3v) is 6.76. The highest BCUT2D eigenvalue weighted by molar-refractivity contribution is 7.88. The molecule has 0 amide bonds. The highest BCUT2D eigenvalue weighted by Gasteiger charge is 2.27. The molecule has 0 aromatic carbocycles. The quantitative estimate of drug-likeness (QED) is 0.813. The van der Waals surface area contributed by atoms with Gasteiger partial charge in [0, 0.05) is 25.7 Å². The van der Waals surface area contributed by atoms with Gasteiger partial charge in [-0.1, -0.05) is 5.16 Å². The molecule has 1 aliphatic carbocycles. The monoisotopic (exact) mass is 376 g/mol. The lowest BCUT2D eigenvalue weighted by Gasteiger charge is -2.29. The minimum atomic E-state index is -3.09. The Morgan fingerprint density at radius 2 is 2.00 bits per heavy atom. The third-order valence-electron chi connectivity index (χ3n) is 5.46. The molecule has 2 aromatic rings. The Morgan fingerprint density at radius 3 is 2.77 bits per heavy atom. The van der Waals surface area contributed by atoms with Crippen LogP contribution in [0.2, 0.25) is 0 Å². The molecule has 1 fully saturated rings.